The molecule has 22 heavy (non-hydrogen) atoms. The summed E-state index contributed by atoms with van der Waals surface area (Å²) in [5.41, 5.74) is 8.15. The van der Waals surface area contributed by atoms with Gasteiger partial charge in [0.2, 0.25) is 0 Å². The summed E-state index contributed by atoms with van der Waals surface area (Å²) in [6.07, 6.45) is 0.717. The molecule has 118 valence electrons. The first-order valence-electron chi connectivity index (χ1n) is 6.90. The number of esters is 1. The normalized spacial score (nSPS) is 11.4. The molecule has 0 aliphatic rings. The van der Waals surface area contributed by atoms with E-state index in [1.54, 1.807) is 24.3 Å². The maximum atomic E-state index is 11.9. The average molecular weight is 340 g/mol. The van der Waals surface area contributed by atoms with Crippen molar-refractivity contribution in [3.8, 4) is 0 Å². The number of rotatable bonds is 5. The lowest BCUT2D eigenvalue weighted by molar-refractivity contribution is -0.147. The van der Waals surface area contributed by atoms with Gasteiger partial charge in [0.25, 0.3) is 0 Å². The van der Waals surface area contributed by atoms with E-state index in [1.807, 2.05) is 31.2 Å². The summed E-state index contributed by atoms with van der Waals surface area (Å²) >= 11 is 5.91. The van der Waals surface area contributed by atoms with Gasteiger partial charge in [0, 0.05) is 17.1 Å². The lowest BCUT2D eigenvalue weighted by Gasteiger charge is -2.19. The number of benzene rings is 2. The molecule has 0 spiro atoms. The summed E-state index contributed by atoms with van der Waals surface area (Å²) in [7, 11) is 0. The third kappa shape index (κ3) is 4.93. The van der Waals surface area contributed by atoms with Gasteiger partial charge in [-0.05, 0) is 41.8 Å². The Morgan fingerprint density at radius 1 is 1.09 bits per heavy atom. The minimum atomic E-state index is -0.443. The molecule has 0 aliphatic heterocycles. The Morgan fingerprint density at radius 2 is 1.59 bits per heavy atom. The predicted octanol–water partition coefficient (Wildman–Crippen LogP) is 4.78. The highest BCUT2D eigenvalue weighted by molar-refractivity contribution is 6.30. The van der Waals surface area contributed by atoms with Gasteiger partial charge in [-0.15, -0.1) is 12.4 Å². The van der Waals surface area contributed by atoms with Gasteiger partial charge in [0.05, 0.1) is 0 Å². The second-order valence-electron chi connectivity index (χ2n) is 4.84. The highest BCUT2D eigenvalue weighted by atomic mass is 35.5. The van der Waals surface area contributed by atoms with Crippen LogP contribution in [-0.4, -0.2) is 5.97 Å². The van der Waals surface area contributed by atoms with Crippen LogP contribution in [0.2, 0.25) is 5.02 Å². The van der Waals surface area contributed by atoms with Crippen LogP contribution >= 0.6 is 24.0 Å². The Balaban J connectivity index is 0.00000242. The number of nitrogens with two attached hydrogens (primary N) is 1. The minimum Gasteiger partial charge on any atom is -0.453 e. The maximum Gasteiger partial charge on any atom is 0.306 e. The maximum absolute atomic E-state index is 11.9. The Morgan fingerprint density at radius 3 is 2.09 bits per heavy atom. The Hall–Kier alpha value is -1.71. The number of nitrogen functional groups attached to an aromatic ring is 1. The molecule has 0 aromatic heterocycles. The smallest absolute Gasteiger partial charge is 0.306 e. The molecule has 1 unspecified atom stereocenters. The molecule has 0 saturated heterocycles. The predicted molar refractivity (Wildman–Crippen MR) is 92.4 cm³/mol. The fourth-order valence-electron chi connectivity index (χ4n) is 2.03. The monoisotopic (exact) mass is 339 g/mol. The molecule has 0 amide bonds. The second-order valence-corrected chi connectivity index (χ2v) is 5.27. The van der Waals surface area contributed by atoms with Gasteiger partial charge in [-0.2, -0.15) is 0 Å². The Labute approximate surface area is 141 Å². The highest BCUT2D eigenvalue weighted by Crippen LogP contribution is 2.28. The van der Waals surface area contributed by atoms with Crippen LogP contribution in [0.25, 0.3) is 0 Å². The highest BCUT2D eigenvalue weighted by Gasteiger charge is 2.18. The molecule has 0 bridgehead atoms. The SMILES string of the molecule is CCCC(=O)OC(c1ccc(N)cc1)c1ccc(Cl)cc1.Cl. The van der Waals surface area contributed by atoms with Crippen LogP contribution in [0.5, 0.6) is 0 Å². The van der Waals surface area contributed by atoms with E-state index in [9.17, 15) is 4.79 Å². The average Bonchev–Trinajstić information content (AvgIpc) is 2.47. The number of anilines is 1. The van der Waals surface area contributed by atoms with E-state index in [4.69, 9.17) is 22.1 Å². The van der Waals surface area contributed by atoms with E-state index >= 15 is 0 Å². The van der Waals surface area contributed by atoms with Crippen LogP contribution in [0.15, 0.2) is 48.5 Å². The summed E-state index contributed by atoms with van der Waals surface area (Å²) in [5.74, 6) is -0.214. The number of carbonyl (C=O) groups is 1. The van der Waals surface area contributed by atoms with Gasteiger partial charge in [0.1, 0.15) is 0 Å². The first-order chi connectivity index (χ1) is 10.1. The third-order valence-corrected chi connectivity index (χ3v) is 3.37. The van der Waals surface area contributed by atoms with Crippen molar-refractivity contribution < 1.29 is 9.53 Å². The van der Waals surface area contributed by atoms with Gasteiger partial charge >= 0.3 is 5.97 Å². The van der Waals surface area contributed by atoms with Crippen LogP contribution in [0, 0.1) is 0 Å². The fraction of sp³-hybridized carbons (Fsp3) is 0.235. The number of hydrogen-bond donors (Lipinski definition) is 1. The van der Waals surface area contributed by atoms with Crippen molar-refractivity contribution in [2.24, 2.45) is 0 Å². The third-order valence-electron chi connectivity index (χ3n) is 3.12. The topological polar surface area (TPSA) is 52.3 Å². The van der Waals surface area contributed by atoms with Crippen molar-refractivity contribution in [2.45, 2.75) is 25.9 Å². The van der Waals surface area contributed by atoms with Crippen LogP contribution in [0.1, 0.15) is 37.0 Å². The zero-order chi connectivity index (χ0) is 15.2. The molecule has 2 aromatic carbocycles. The summed E-state index contributed by atoms with van der Waals surface area (Å²) in [6.45, 7) is 1.95. The molecule has 0 saturated carbocycles. The molecule has 0 fully saturated rings. The standard InChI is InChI=1S/C17H18ClNO2.ClH/c1-2-3-16(20)21-17(12-4-8-14(18)9-5-12)13-6-10-15(19)11-7-13;/h4-11,17H,2-3,19H2,1H3;1H. The van der Waals surface area contributed by atoms with Crippen molar-refractivity contribution in [2.75, 3.05) is 5.73 Å². The molecule has 5 heteroatoms. The molecule has 2 aromatic rings. The Kier molecular flexibility index (Phi) is 7.22. The molecule has 2 N–H and O–H groups in total. The first-order valence-corrected chi connectivity index (χ1v) is 7.28. The molecule has 0 heterocycles. The zero-order valence-electron chi connectivity index (χ0n) is 12.3. The lowest BCUT2D eigenvalue weighted by Crippen LogP contribution is -2.12. The summed E-state index contributed by atoms with van der Waals surface area (Å²) < 4.78 is 5.62. The van der Waals surface area contributed by atoms with E-state index in [-0.39, 0.29) is 18.4 Å². The summed E-state index contributed by atoms with van der Waals surface area (Å²) in [4.78, 5) is 11.9. The number of hydrogen-bond acceptors (Lipinski definition) is 3. The largest absolute Gasteiger partial charge is 0.453 e. The molecule has 0 radical (unpaired) electrons. The second kappa shape index (κ2) is 8.66. The molecule has 3 nitrogen and oxygen atoms in total. The quantitative estimate of drug-likeness (QED) is 0.630. The van der Waals surface area contributed by atoms with Gasteiger partial charge in [-0.1, -0.05) is 42.8 Å². The lowest BCUT2D eigenvalue weighted by atomic mass is 10.0. The zero-order valence-corrected chi connectivity index (χ0v) is 13.9. The van der Waals surface area contributed by atoms with Gasteiger partial charge in [0.15, 0.2) is 6.10 Å². The number of carbonyl (C=O) groups excluding carboxylic acids is 1. The van der Waals surface area contributed by atoms with E-state index < -0.39 is 6.10 Å². The van der Waals surface area contributed by atoms with E-state index in [2.05, 4.69) is 0 Å². The van der Waals surface area contributed by atoms with E-state index in [1.165, 1.54) is 0 Å². The Bertz CT molecular complexity index is 552. The summed E-state index contributed by atoms with van der Waals surface area (Å²) in [5, 5.41) is 0.648. The van der Waals surface area contributed by atoms with Gasteiger partial charge in [-0.25, -0.2) is 0 Å². The number of halogens is 2. The fourth-order valence-corrected chi connectivity index (χ4v) is 2.16. The number of ether oxygens (including phenoxy) is 1. The summed E-state index contributed by atoms with van der Waals surface area (Å²) in [6, 6.07) is 14.6. The van der Waals surface area contributed by atoms with Crippen molar-refractivity contribution in [1.82, 2.24) is 0 Å². The van der Waals surface area contributed by atoms with Crippen LogP contribution < -0.4 is 5.73 Å². The molecule has 1 atom stereocenters. The molecule has 0 aliphatic carbocycles. The first kappa shape index (κ1) is 18.3. The van der Waals surface area contributed by atoms with Crippen molar-refractivity contribution in [3.05, 3.63) is 64.7 Å². The van der Waals surface area contributed by atoms with Crippen LogP contribution in [-0.2, 0) is 9.53 Å². The van der Waals surface area contributed by atoms with Crippen molar-refractivity contribution >= 4 is 35.7 Å². The van der Waals surface area contributed by atoms with Crippen LogP contribution in [0.3, 0.4) is 0 Å². The molecular formula is C17H19Cl2NO2. The molecular weight excluding hydrogens is 321 g/mol. The van der Waals surface area contributed by atoms with Crippen molar-refractivity contribution in [1.29, 1.82) is 0 Å². The minimum absolute atomic E-state index is 0. The van der Waals surface area contributed by atoms with E-state index in [0.29, 0.717) is 17.1 Å². The van der Waals surface area contributed by atoms with E-state index in [0.717, 1.165) is 17.5 Å². The van der Waals surface area contributed by atoms with Crippen molar-refractivity contribution in [3.63, 3.8) is 0 Å². The van der Waals surface area contributed by atoms with Gasteiger partial charge < -0.3 is 10.5 Å². The van der Waals surface area contributed by atoms with Gasteiger partial charge in [-0.3, -0.25) is 4.79 Å². The van der Waals surface area contributed by atoms with Crippen LogP contribution in [0.4, 0.5) is 5.69 Å². The molecule has 2 rings (SSSR count).